The van der Waals surface area contributed by atoms with Gasteiger partial charge in [0.05, 0.1) is 16.8 Å². The van der Waals surface area contributed by atoms with E-state index < -0.39 is 6.55 Å². The minimum Gasteiger partial charge on any atom is -0.277 e. The molecule has 0 N–H and O–H groups in total. The van der Waals surface area contributed by atoms with E-state index in [1.807, 2.05) is 45.9 Å². The summed E-state index contributed by atoms with van der Waals surface area (Å²) in [6, 6.07) is 5.77. The summed E-state index contributed by atoms with van der Waals surface area (Å²) in [7, 11) is 0. The number of aromatic nitrogens is 4. The number of rotatable bonds is 5. The topological polar surface area (TPSA) is 52.7 Å². The molecule has 30 heavy (non-hydrogen) atoms. The summed E-state index contributed by atoms with van der Waals surface area (Å²) < 4.78 is 28.8. The van der Waals surface area contributed by atoms with Crippen LogP contribution in [0.4, 0.5) is 8.78 Å². The number of halogens is 2. The van der Waals surface area contributed by atoms with Crippen molar-refractivity contribution < 1.29 is 8.78 Å². The first-order valence-corrected chi connectivity index (χ1v) is 11.1. The molecule has 0 aliphatic heterocycles. The minimum atomic E-state index is -2.66. The Hall–Kier alpha value is -2.52. The van der Waals surface area contributed by atoms with Crippen LogP contribution in [0.15, 0.2) is 40.5 Å². The highest BCUT2D eigenvalue weighted by atomic mass is 32.2. The largest absolute Gasteiger partial charge is 0.319 e. The first-order valence-electron chi connectivity index (χ1n) is 9.31. The quantitative estimate of drug-likeness (QED) is 0.297. The number of nitrogens with zero attached hydrogens (tertiary/aromatic N) is 4. The van der Waals surface area contributed by atoms with Crippen LogP contribution in [0.3, 0.4) is 0 Å². The third-order valence-electron chi connectivity index (χ3n) is 5.28. The van der Waals surface area contributed by atoms with Crippen LogP contribution in [0, 0.1) is 27.7 Å². The monoisotopic (exact) mass is 446 g/mol. The third-order valence-corrected chi connectivity index (χ3v) is 7.31. The molecule has 0 fully saturated rings. The molecule has 4 rings (SSSR count). The lowest BCUT2D eigenvalue weighted by atomic mass is 10.1. The first-order chi connectivity index (χ1) is 14.3. The van der Waals surface area contributed by atoms with Crippen LogP contribution in [0.25, 0.3) is 15.9 Å². The van der Waals surface area contributed by atoms with Crippen LogP contribution in [-0.2, 0) is 5.75 Å². The van der Waals surface area contributed by atoms with Gasteiger partial charge in [-0.1, -0.05) is 23.9 Å². The van der Waals surface area contributed by atoms with Crippen molar-refractivity contribution in [3.63, 3.8) is 0 Å². The average molecular weight is 447 g/mol. The van der Waals surface area contributed by atoms with Gasteiger partial charge in [0.1, 0.15) is 10.7 Å². The molecule has 0 atom stereocenters. The highest BCUT2D eigenvalue weighted by molar-refractivity contribution is 7.98. The summed E-state index contributed by atoms with van der Waals surface area (Å²) in [6.45, 7) is 5.18. The Balaban J connectivity index is 1.90. The molecule has 0 saturated heterocycles. The second-order valence-electron chi connectivity index (χ2n) is 7.03. The molecule has 0 spiro atoms. The standard InChI is InChI=1S/C21H20F2N4OS2/c1-11-6-5-7-15(12(11)2)27-19(28)17-13(3)14(4)30-18(17)25-21(27)29-10-16-24-8-9-26(16)20(22)23/h5-9,20H,10H2,1-4H3. The molecule has 156 valence electrons. The first kappa shape index (κ1) is 20.7. The molecule has 0 bridgehead atoms. The normalized spacial score (nSPS) is 11.7. The van der Waals surface area contributed by atoms with E-state index >= 15 is 0 Å². The summed E-state index contributed by atoms with van der Waals surface area (Å²) in [6.07, 6.45) is 2.60. The lowest BCUT2D eigenvalue weighted by molar-refractivity contribution is 0.0678. The van der Waals surface area contributed by atoms with E-state index in [2.05, 4.69) is 4.98 Å². The van der Waals surface area contributed by atoms with Crippen molar-refractivity contribution in [1.82, 2.24) is 19.1 Å². The minimum absolute atomic E-state index is 0.143. The number of fused-ring (bicyclic) bond motifs is 1. The van der Waals surface area contributed by atoms with Gasteiger partial charge in [0, 0.05) is 17.3 Å². The summed E-state index contributed by atoms with van der Waals surface area (Å²) in [5, 5.41) is 1.07. The van der Waals surface area contributed by atoms with Gasteiger partial charge >= 0.3 is 6.55 Å². The van der Waals surface area contributed by atoms with Gasteiger partial charge in [-0.3, -0.25) is 13.9 Å². The number of benzene rings is 1. The van der Waals surface area contributed by atoms with E-state index in [9.17, 15) is 13.6 Å². The van der Waals surface area contributed by atoms with Gasteiger partial charge in [-0.15, -0.1) is 11.3 Å². The second kappa shape index (κ2) is 7.96. The zero-order valence-electron chi connectivity index (χ0n) is 16.9. The molecule has 0 aliphatic rings. The number of aryl methyl sites for hydroxylation is 3. The average Bonchev–Trinajstić information content (AvgIpc) is 3.28. The third kappa shape index (κ3) is 3.45. The van der Waals surface area contributed by atoms with Crippen molar-refractivity contribution in [2.75, 3.05) is 0 Å². The van der Waals surface area contributed by atoms with E-state index in [1.54, 1.807) is 4.57 Å². The molecule has 9 heteroatoms. The van der Waals surface area contributed by atoms with E-state index in [0.717, 1.165) is 31.8 Å². The lowest BCUT2D eigenvalue weighted by Crippen LogP contribution is -2.22. The molecule has 1 aromatic carbocycles. The van der Waals surface area contributed by atoms with Crippen molar-refractivity contribution in [3.8, 4) is 5.69 Å². The number of hydrogen-bond acceptors (Lipinski definition) is 5. The molecule has 0 unspecified atom stereocenters. The summed E-state index contributed by atoms with van der Waals surface area (Å²) >= 11 is 2.70. The fourth-order valence-corrected chi connectivity index (χ4v) is 5.35. The zero-order chi connectivity index (χ0) is 21.6. The number of imidazole rings is 1. The van der Waals surface area contributed by atoms with Crippen LogP contribution in [0.5, 0.6) is 0 Å². The van der Waals surface area contributed by atoms with Gasteiger partial charge in [0.15, 0.2) is 5.16 Å². The maximum Gasteiger partial charge on any atom is 0.319 e. The number of thiophene rings is 1. The SMILES string of the molecule is Cc1cccc(-n2c(SCc3nccn3C(F)F)nc3sc(C)c(C)c3c2=O)c1C. The highest BCUT2D eigenvalue weighted by Gasteiger charge is 2.20. The van der Waals surface area contributed by atoms with Crippen LogP contribution in [0.2, 0.25) is 0 Å². The van der Waals surface area contributed by atoms with Crippen LogP contribution < -0.4 is 5.56 Å². The van der Waals surface area contributed by atoms with Crippen molar-refractivity contribution in [2.24, 2.45) is 0 Å². The molecule has 0 saturated carbocycles. The fraction of sp³-hybridized carbons (Fsp3) is 0.286. The zero-order valence-corrected chi connectivity index (χ0v) is 18.6. The lowest BCUT2D eigenvalue weighted by Gasteiger charge is -2.16. The summed E-state index contributed by atoms with van der Waals surface area (Å²) in [4.78, 5) is 24.1. The molecule has 4 aromatic rings. The van der Waals surface area contributed by atoms with Crippen molar-refractivity contribution in [2.45, 2.75) is 45.2 Å². The predicted molar refractivity (Wildman–Crippen MR) is 117 cm³/mol. The van der Waals surface area contributed by atoms with Gasteiger partial charge in [-0.25, -0.2) is 9.97 Å². The van der Waals surface area contributed by atoms with Gasteiger partial charge in [0.25, 0.3) is 5.56 Å². The number of hydrogen-bond donors (Lipinski definition) is 0. The van der Waals surface area contributed by atoms with E-state index in [1.165, 1.54) is 35.5 Å². The maximum atomic E-state index is 13.6. The predicted octanol–water partition coefficient (Wildman–Crippen LogP) is 5.56. The van der Waals surface area contributed by atoms with Gasteiger partial charge < -0.3 is 0 Å². The van der Waals surface area contributed by atoms with Crippen LogP contribution in [-0.4, -0.2) is 19.1 Å². The fourth-order valence-electron chi connectivity index (χ4n) is 3.32. The Morgan fingerprint density at radius 2 is 1.93 bits per heavy atom. The molecule has 0 radical (unpaired) electrons. The molecule has 0 aliphatic carbocycles. The Kier molecular flexibility index (Phi) is 5.50. The van der Waals surface area contributed by atoms with E-state index in [4.69, 9.17) is 4.98 Å². The van der Waals surface area contributed by atoms with Crippen LogP contribution >= 0.6 is 23.1 Å². The molecule has 3 heterocycles. The van der Waals surface area contributed by atoms with Crippen LogP contribution in [0.1, 0.15) is 33.9 Å². The highest BCUT2D eigenvalue weighted by Crippen LogP contribution is 2.31. The summed E-state index contributed by atoms with van der Waals surface area (Å²) in [5.41, 5.74) is 3.56. The van der Waals surface area contributed by atoms with Crippen molar-refractivity contribution >= 4 is 33.3 Å². The smallest absolute Gasteiger partial charge is 0.277 e. The molecule has 5 nitrogen and oxygen atoms in total. The Bertz CT molecular complexity index is 1310. The Labute approximate surface area is 180 Å². The summed E-state index contributed by atoms with van der Waals surface area (Å²) in [5.74, 6) is 0.402. The van der Waals surface area contributed by atoms with Crippen molar-refractivity contribution in [1.29, 1.82) is 0 Å². The van der Waals surface area contributed by atoms with Gasteiger partial charge in [0.2, 0.25) is 0 Å². The van der Waals surface area contributed by atoms with E-state index in [0.29, 0.717) is 15.4 Å². The Morgan fingerprint density at radius 3 is 2.67 bits per heavy atom. The van der Waals surface area contributed by atoms with Gasteiger partial charge in [-0.05, 0) is 50.5 Å². The second-order valence-corrected chi connectivity index (χ2v) is 9.18. The van der Waals surface area contributed by atoms with Gasteiger partial charge in [-0.2, -0.15) is 8.78 Å². The molecular weight excluding hydrogens is 426 g/mol. The Morgan fingerprint density at radius 1 is 1.17 bits per heavy atom. The molecular formula is C21H20F2N4OS2. The number of thioether (sulfide) groups is 1. The van der Waals surface area contributed by atoms with E-state index in [-0.39, 0.29) is 17.1 Å². The molecule has 0 amide bonds. The van der Waals surface area contributed by atoms with Crippen molar-refractivity contribution in [3.05, 3.63) is 68.3 Å². The maximum absolute atomic E-state index is 13.6. The molecule has 3 aromatic heterocycles. The number of alkyl halides is 2.